The molecule has 0 aliphatic heterocycles. The Morgan fingerprint density at radius 3 is 2.63 bits per heavy atom. The van der Waals surface area contributed by atoms with Crippen molar-refractivity contribution in [2.45, 2.75) is 13.8 Å². The minimum absolute atomic E-state index is 0.272. The zero-order valence-corrected chi connectivity index (χ0v) is 12.2. The third-order valence-electron chi connectivity index (χ3n) is 3.28. The number of fused-ring (bicyclic) bond motifs is 1. The molecule has 3 aromatic rings. The number of aryl methyl sites for hydroxylation is 2. The molecule has 1 aromatic heterocycles. The fourth-order valence-electron chi connectivity index (χ4n) is 2.08. The molecule has 0 bridgehead atoms. The third-order valence-corrected chi connectivity index (χ3v) is 3.97. The molecule has 0 radical (unpaired) electrons. The zero-order chi connectivity index (χ0) is 13.6. The number of nitrogens with zero attached hydrogens (tertiary/aromatic N) is 1. The van der Waals surface area contributed by atoms with E-state index < -0.39 is 0 Å². The van der Waals surface area contributed by atoms with E-state index in [1.54, 1.807) is 6.07 Å². The lowest BCUT2D eigenvalue weighted by atomic mass is 10.1. The molecule has 2 nitrogen and oxygen atoms in total. The van der Waals surface area contributed by atoms with Gasteiger partial charge in [0, 0.05) is 10.0 Å². The fraction of sp³-hybridized carbons (Fsp3) is 0.133. The fourth-order valence-corrected chi connectivity index (χ4v) is 2.51. The van der Waals surface area contributed by atoms with Gasteiger partial charge in [-0.05, 0) is 55.3 Å². The lowest BCUT2D eigenvalue weighted by Crippen LogP contribution is -1.84. The molecular weight excluding hydrogens is 307 g/mol. The second-order valence-electron chi connectivity index (χ2n) is 4.66. The summed E-state index contributed by atoms with van der Waals surface area (Å²) in [6, 6.07) is 8.69. The Hall–Kier alpha value is -1.68. The van der Waals surface area contributed by atoms with Gasteiger partial charge in [-0.2, -0.15) is 0 Å². The number of rotatable bonds is 1. The van der Waals surface area contributed by atoms with E-state index in [0.29, 0.717) is 5.82 Å². The Morgan fingerprint density at radius 2 is 1.84 bits per heavy atom. The minimum Gasteiger partial charge on any atom is -0.338 e. The summed E-state index contributed by atoms with van der Waals surface area (Å²) in [5, 5.41) is 0. The molecule has 0 fully saturated rings. The van der Waals surface area contributed by atoms with Crippen LogP contribution in [-0.4, -0.2) is 9.97 Å². The van der Waals surface area contributed by atoms with Crippen molar-refractivity contribution in [2.75, 3.05) is 0 Å². The SMILES string of the molecule is Cc1cc2nc(-c3cc(F)ccc3Br)[nH]c2cc1C. The molecule has 96 valence electrons. The van der Waals surface area contributed by atoms with E-state index in [9.17, 15) is 4.39 Å². The normalized spacial score (nSPS) is 11.2. The molecule has 4 heteroatoms. The van der Waals surface area contributed by atoms with Crippen LogP contribution in [0.25, 0.3) is 22.4 Å². The topological polar surface area (TPSA) is 28.7 Å². The summed E-state index contributed by atoms with van der Waals surface area (Å²) in [4.78, 5) is 7.77. The lowest BCUT2D eigenvalue weighted by Gasteiger charge is -2.00. The predicted octanol–water partition coefficient (Wildman–Crippen LogP) is 4.75. The van der Waals surface area contributed by atoms with Gasteiger partial charge < -0.3 is 4.98 Å². The second kappa shape index (κ2) is 4.46. The van der Waals surface area contributed by atoms with Gasteiger partial charge in [0.25, 0.3) is 0 Å². The summed E-state index contributed by atoms with van der Waals surface area (Å²) in [7, 11) is 0. The van der Waals surface area contributed by atoms with E-state index in [1.807, 2.05) is 6.07 Å². The van der Waals surface area contributed by atoms with Gasteiger partial charge >= 0.3 is 0 Å². The minimum atomic E-state index is -0.272. The first-order valence-electron chi connectivity index (χ1n) is 5.97. The van der Waals surface area contributed by atoms with Crippen molar-refractivity contribution >= 4 is 27.0 Å². The van der Waals surface area contributed by atoms with Gasteiger partial charge in [0.05, 0.1) is 11.0 Å². The Balaban J connectivity index is 2.23. The molecular formula is C15H12BrFN2. The van der Waals surface area contributed by atoms with E-state index in [0.717, 1.165) is 21.1 Å². The van der Waals surface area contributed by atoms with Crippen molar-refractivity contribution in [3.8, 4) is 11.4 Å². The smallest absolute Gasteiger partial charge is 0.139 e. The number of aromatic amines is 1. The molecule has 0 saturated carbocycles. The molecule has 2 aromatic carbocycles. The van der Waals surface area contributed by atoms with Gasteiger partial charge in [-0.3, -0.25) is 0 Å². The number of benzene rings is 2. The number of H-pyrrole nitrogens is 1. The standard InChI is InChI=1S/C15H12BrFN2/c1-8-5-13-14(6-9(8)2)19-15(18-13)11-7-10(17)3-4-12(11)16/h3-7H,1-2H3,(H,18,19). The number of imidazole rings is 1. The summed E-state index contributed by atoms with van der Waals surface area (Å²) >= 11 is 3.43. The number of halogens is 2. The maximum Gasteiger partial charge on any atom is 0.139 e. The summed E-state index contributed by atoms with van der Waals surface area (Å²) in [5.74, 6) is 0.400. The lowest BCUT2D eigenvalue weighted by molar-refractivity contribution is 0.628. The highest BCUT2D eigenvalue weighted by Crippen LogP contribution is 2.29. The average Bonchev–Trinajstić information content (AvgIpc) is 2.75. The molecule has 0 spiro atoms. The van der Waals surface area contributed by atoms with E-state index in [1.165, 1.54) is 23.3 Å². The Labute approximate surface area is 118 Å². The van der Waals surface area contributed by atoms with Gasteiger partial charge in [0.1, 0.15) is 11.6 Å². The highest BCUT2D eigenvalue weighted by Gasteiger charge is 2.10. The van der Waals surface area contributed by atoms with Crippen LogP contribution < -0.4 is 0 Å². The number of hydrogen-bond acceptors (Lipinski definition) is 1. The first-order valence-corrected chi connectivity index (χ1v) is 6.76. The van der Waals surface area contributed by atoms with Crippen LogP contribution in [0.3, 0.4) is 0 Å². The van der Waals surface area contributed by atoms with Gasteiger partial charge in [0.2, 0.25) is 0 Å². The molecule has 0 aliphatic rings. The van der Waals surface area contributed by atoms with Crippen LogP contribution in [0.15, 0.2) is 34.8 Å². The van der Waals surface area contributed by atoms with Gasteiger partial charge in [-0.25, -0.2) is 9.37 Å². The quantitative estimate of drug-likeness (QED) is 0.689. The van der Waals surface area contributed by atoms with E-state index >= 15 is 0 Å². The molecule has 1 N–H and O–H groups in total. The Kier molecular flexibility index (Phi) is 2.90. The molecule has 3 rings (SSSR count). The van der Waals surface area contributed by atoms with Crippen LogP contribution in [0.1, 0.15) is 11.1 Å². The second-order valence-corrected chi connectivity index (χ2v) is 5.52. The molecule has 0 unspecified atom stereocenters. The molecule has 1 heterocycles. The third kappa shape index (κ3) is 2.16. The Morgan fingerprint density at radius 1 is 1.11 bits per heavy atom. The first kappa shape index (κ1) is 12.4. The monoisotopic (exact) mass is 318 g/mol. The average molecular weight is 319 g/mol. The van der Waals surface area contributed by atoms with E-state index in [-0.39, 0.29) is 5.82 Å². The number of aromatic nitrogens is 2. The predicted molar refractivity (Wildman–Crippen MR) is 78.7 cm³/mol. The van der Waals surface area contributed by atoms with Crippen LogP contribution in [0.4, 0.5) is 4.39 Å². The van der Waals surface area contributed by atoms with Crippen LogP contribution in [0.5, 0.6) is 0 Å². The highest BCUT2D eigenvalue weighted by atomic mass is 79.9. The highest BCUT2D eigenvalue weighted by molar-refractivity contribution is 9.10. The zero-order valence-electron chi connectivity index (χ0n) is 10.6. The summed E-state index contributed by atoms with van der Waals surface area (Å²) in [6.07, 6.45) is 0. The van der Waals surface area contributed by atoms with E-state index in [2.05, 4.69) is 45.8 Å². The van der Waals surface area contributed by atoms with Crippen molar-refractivity contribution in [3.63, 3.8) is 0 Å². The van der Waals surface area contributed by atoms with Crippen LogP contribution >= 0.6 is 15.9 Å². The van der Waals surface area contributed by atoms with Crippen molar-refractivity contribution in [1.82, 2.24) is 9.97 Å². The molecule has 0 amide bonds. The van der Waals surface area contributed by atoms with Crippen molar-refractivity contribution in [3.05, 3.63) is 51.7 Å². The number of nitrogens with one attached hydrogen (secondary N) is 1. The summed E-state index contributed by atoms with van der Waals surface area (Å²) < 4.78 is 14.2. The van der Waals surface area contributed by atoms with Crippen molar-refractivity contribution in [1.29, 1.82) is 0 Å². The summed E-state index contributed by atoms with van der Waals surface area (Å²) in [5.41, 5.74) is 5.00. The largest absolute Gasteiger partial charge is 0.338 e. The van der Waals surface area contributed by atoms with Gasteiger partial charge in [0.15, 0.2) is 0 Å². The van der Waals surface area contributed by atoms with E-state index in [4.69, 9.17) is 0 Å². The summed E-state index contributed by atoms with van der Waals surface area (Å²) in [6.45, 7) is 4.12. The maximum atomic E-state index is 13.4. The molecule has 0 saturated heterocycles. The van der Waals surface area contributed by atoms with Gasteiger partial charge in [-0.15, -0.1) is 0 Å². The molecule has 19 heavy (non-hydrogen) atoms. The number of hydrogen-bond donors (Lipinski definition) is 1. The van der Waals surface area contributed by atoms with Crippen LogP contribution in [0, 0.1) is 19.7 Å². The van der Waals surface area contributed by atoms with Crippen LogP contribution in [0.2, 0.25) is 0 Å². The first-order chi connectivity index (χ1) is 9.04. The van der Waals surface area contributed by atoms with Crippen molar-refractivity contribution in [2.24, 2.45) is 0 Å². The van der Waals surface area contributed by atoms with Crippen molar-refractivity contribution < 1.29 is 4.39 Å². The van der Waals surface area contributed by atoms with Crippen LogP contribution in [-0.2, 0) is 0 Å². The maximum absolute atomic E-state index is 13.4. The van der Waals surface area contributed by atoms with Gasteiger partial charge in [-0.1, -0.05) is 15.9 Å². The molecule has 0 aliphatic carbocycles. The molecule has 0 atom stereocenters. The Bertz CT molecular complexity index is 738.